The molecule has 17 heavy (non-hydrogen) atoms. The second-order valence-corrected chi connectivity index (χ2v) is 9.24. The zero-order chi connectivity index (χ0) is 12.6. The zero-order valence-corrected chi connectivity index (χ0v) is 16.5. The summed E-state index contributed by atoms with van der Waals surface area (Å²) in [5, 5.41) is 0. The van der Waals surface area contributed by atoms with E-state index in [1.807, 2.05) is 0 Å². The number of halogens is 4. The summed E-state index contributed by atoms with van der Waals surface area (Å²) < 4.78 is 3.56. The molecule has 5 heteroatoms. The van der Waals surface area contributed by atoms with Crippen molar-refractivity contribution in [3.8, 4) is 0 Å². The first-order valence-corrected chi connectivity index (χ1v) is 9.23. The lowest BCUT2D eigenvalue weighted by Gasteiger charge is -2.12. The quantitative estimate of drug-likeness (QED) is 0.289. The van der Waals surface area contributed by atoms with E-state index in [4.69, 9.17) is 0 Å². The van der Waals surface area contributed by atoms with E-state index in [-0.39, 0.29) is 4.83 Å². The van der Waals surface area contributed by atoms with Crippen LogP contribution in [0.3, 0.4) is 0 Å². The standard InChI is InChI=1S/C12H8Br3IS/c1-6-8(5-11(14)17-6)12(15)9-4-7(16)2-3-10(9)13/h2-5,12H,1H3. The van der Waals surface area contributed by atoms with Gasteiger partial charge in [0, 0.05) is 12.9 Å². The fourth-order valence-electron chi connectivity index (χ4n) is 1.59. The normalized spacial score (nSPS) is 12.8. The Hall–Kier alpha value is 1.09. The van der Waals surface area contributed by atoms with Crippen LogP contribution in [0.2, 0.25) is 0 Å². The first-order valence-electron chi connectivity index (χ1n) is 4.84. The number of hydrogen-bond donors (Lipinski definition) is 0. The van der Waals surface area contributed by atoms with Gasteiger partial charge in [-0.15, -0.1) is 11.3 Å². The summed E-state index contributed by atoms with van der Waals surface area (Å²) >= 11 is 15.1. The molecular weight excluding hydrogens is 543 g/mol. The summed E-state index contributed by atoms with van der Waals surface area (Å²) in [6.07, 6.45) is 0. The molecule has 1 unspecified atom stereocenters. The van der Waals surface area contributed by atoms with Gasteiger partial charge in [-0.2, -0.15) is 0 Å². The van der Waals surface area contributed by atoms with E-state index < -0.39 is 0 Å². The molecule has 1 atom stereocenters. The average Bonchev–Trinajstić information content (AvgIpc) is 2.60. The van der Waals surface area contributed by atoms with Crippen LogP contribution in [-0.4, -0.2) is 0 Å². The van der Waals surface area contributed by atoms with Crippen LogP contribution in [0.15, 0.2) is 32.5 Å². The average molecular weight is 551 g/mol. The van der Waals surface area contributed by atoms with Crippen LogP contribution < -0.4 is 0 Å². The van der Waals surface area contributed by atoms with E-state index in [0.29, 0.717) is 0 Å². The molecule has 0 aliphatic heterocycles. The van der Waals surface area contributed by atoms with Crippen LogP contribution in [0.5, 0.6) is 0 Å². The summed E-state index contributed by atoms with van der Waals surface area (Å²) in [6.45, 7) is 2.15. The minimum Gasteiger partial charge on any atom is -0.133 e. The monoisotopic (exact) mass is 548 g/mol. The van der Waals surface area contributed by atoms with E-state index in [1.165, 1.54) is 23.4 Å². The molecule has 0 N–H and O–H groups in total. The molecule has 0 aliphatic rings. The molecule has 0 bridgehead atoms. The topological polar surface area (TPSA) is 0 Å². The van der Waals surface area contributed by atoms with Gasteiger partial charge in [-0.1, -0.05) is 31.9 Å². The van der Waals surface area contributed by atoms with Gasteiger partial charge in [0.2, 0.25) is 0 Å². The van der Waals surface area contributed by atoms with Gasteiger partial charge in [0.15, 0.2) is 0 Å². The van der Waals surface area contributed by atoms with E-state index in [1.54, 1.807) is 11.3 Å². The molecule has 0 saturated heterocycles. The summed E-state index contributed by atoms with van der Waals surface area (Å²) in [4.78, 5) is 1.57. The Balaban J connectivity index is 2.46. The highest BCUT2D eigenvalue weighted by Gasteiger charge is 2.17. The molecule has 0 saturated carbocycles. The highest BCUT2D eigenvalue weighted by atomic mass is 127. The van der Waals surface area contributed by atoms with Crippen molar-refractivity contribution in [2.75, 3.05) is 0 Å². The van der Waals surface area contributed by atoms with Crippen molar-refractivity contribution in [1.82, 2.24) is 0 Å². The van der Waals surface area contributed by atoms with Crippen LogP contribution in [-0.2, 0) is 0 Å². The number of thiophene rings is 1. The number of hydrogen-bond acceptors (Lipinski definition) is 1. The molecule has 1 aromatic carbocycles. The fourth-order valence-corrected chi connectivity index (χ4v) is 5.64. The second kappa shape index (κ2) is 6.03. The van der Waals surface area contributed by atoms with Gasteiger partial charge in [-0.3, -0.25) is 0 Å². The molecule has 1 aromatic heterocycles. The maximum atomic E-state index is 3.80. The Morgan fingerprint density at radius 3 is 2.47 bits per heavy atom. The number of alkyl halides is 1. The van der Waals surface area contributed by atoms with Gasteiger partial charge >= 0.3 is 0 Å². The number of rotatable bonds is 2. The Morgan fingerprint density at radius 2 is 1.88 bits per heavy atom. The maximum absolute atomic E-state index is 3.80. The lowest BCUT2D eigenvalue weighted by molar-refractivity contribution is 1.15. The zero-order valence-electron chi connectivity index (χ0n) is 8.81. The van der Waals surface area contributed by atoms with E-state index in [2.05, 4.69) is 102 Å². The lowest BCUT2D eigenvalue weighted by atomic mass is 10.1. The van der Waals surface area contributed by atoms with Crippen molar-refractivity contribution in [3.63, 3.8) is 0 Å². The molecule has 1 heterocycles. The summed E-state index contributed by atoms with van der Waals surface area (Å²) in [6, 6.07) is 8.59. The summed E-state index contributed by atoms with van der Waals surface area (Å²) in [7, 11) is 0. The Bertz CT molecular complexity index is 551. The predicted octanol–water partition coefficient (Wildman–Crippen LogP) is 6.67. The Kier molecular flexibility index (Phi) is 5.14. The van der Waals surface area contributed by atoms with Crippen LogP contribution in [0.25, 0.3) is 0 Å². The van der Waals surface area contributed by atoms with E-state index in [9.17, 15) is 0 Å². The van der Waals surface area contributed by atoms with Crippen molar-refractivity contribution in [2.45, 2.75) is 11.8 Å². The van der Waals surface area contributed by atoms with Crippen LogP contribution >= 0.6 is 81.7 Å². The number of benzene rings is 1. The van der Waals surface area contributed by atoms with E-state index >= 15 is 0 Å². The molecule has 0 spiro atoms. The molecule has 0 fully saturated rings. The van der Waals surface area contributed by atoms with Crippen molar-refractivity contribution < 1.29 is 0 Å². The molecule has 90 valence electrons. The van der Waals surface area contributed by atoms with Gasteiger partial charge in [-0.25, -0.2) is 0 Å². The van der Waals surface area contributed by atoms with Crippen molar-refractivity contribution in [1.29, 1.82) is 0 Å². The van der Waals surface area contributed by atoms with Crippen molar-refractivity contribution in [2.24, 2.45) is 0 Å². The van der Waals surface area contributed by atoms with Crippen LogP contribution in [0.4, 0.5) is 0 Å². The highest BCUT2D eigenvalue weighted by Crippen LogP contribution is 2.41. The molecule has 0 nitrogen and oxygen atoms in total. The molecule has 0 radical (unpaired) electrons. The largest absolute Gasteiger partial charge is 0.133 e. The molecule has 0 aliphatic carbocycles. The third-order valence-corrected chi connectivity index (χ3v) is 6.38. The van der Waals surface area contributed by atoms with Gasteiger partial charge in [-0.05, 0) is 80.8 Å². The van der Waals surface area contributed by atoms with Gasteiger partial charge in [0.25, 0.3) is 0 Å². The van der Waals surface area contributed by atoms with E-state index in [0.717, 1.165) is 4.47 Å². The lowest BCUT2D eigenvalue weighted by Crippen LogP contribution is -1.94. The van der Waals surface area contributed by atoms with Gasteiger partial charge in [0.1, 0.15) is 0 Å². The predicted molar refractivity (Wildman–Crippen MR) is 94.4 cm³/mol. The maximum Gasteiger partial charge on any atom is 0.0704 e. The third-order valence-electron chi connectivity index (χ3n) is 2.43. The molecular formula is C12H8Br3IS. The van der Waals surface area contributed by atoms with Crippen molar-refractivity contribution in [3.05, 3.63) is 52.1 Å². The summed E-state index contributed by atoms with van der Waals surface area (Å²) in [5.74, 6) is 0. The van der Waals surface area contributed by atoms with Crippen LogP contribution in [0.1, 0.15) is 20.8 Å². The fraction of sp³-hybridized carbons (Fsp3) is 0.167. The summed E-state index contributed by atoms with van der Waals surface area (Å²) in [5.41, 5.74) is 2.59. The minimum absolute atomic E-state index is 0.231. The smallest absolute Gasteiger partial charge is 0.0704 e. The first kappa shape index (κ1) is 14.5. The van der Waals surface area contributed by atoms with Gasteiger partial charge in [0.05, 0.1) is 8.61 Å². The molecule has 0 amide bonds. The second-order valence-electron chi connectivity index (χ2n) is 3.59. The minimum atomic E-state index is 0.231. The Labute approximate surface area is 144 Å². The highest BCUT2D eigenvalue weighted by molar-refractivity contribution is 14.1. The third kappa shape index (κ3) is 3.35. The number of aryl methyl sites for hydroxylation is 1. The SMILES string of the molecule is Cc1sc(Br)cc1C(Br)c1cc(I)ccc1Br. The van der Waals surface area contributed by atoms with Crippen molar-refractivity contribution >= 4 is 81.7 Å². The molecule has 2 aromatic rings. The van der Waals surface area contributed by atoms with Crippen LogP contribution in [0, 0.1) is 10.5 Å². The molecule has 2 rings (SSSR count). The first-order chi connectivity index (χ1) is 7.99. The Morgan fingerprint density at radius 1 is 1.18 bits per heavy atom. The van der Waals surface area contributed by atoms with Gasteiger partial charge < -0.3 is 0 Å².